The van der Waals surface area contributed by atoms with Gasteiger partial charge in [0.25, 0.3) is 0 Å². The molecule has 1 heterocycles. The minimum absolute atomic E-state index is 0.155. The van der Waals surface area contributed by atoms with Crippen LogP contribution in [0.3, 0.4) is 0 Å². The maximum absolute atomic E-state index is 5.70. The number of hydrogen-bond donors (Lipinski definition) is 0. The van der Waals surface area contributed by atoms with Crippen molar-refractivity contribution in [3.63, 3.8) is 0 Å². The highest BCUT2D eigenvalue weighted by atomic mass is 35.5. The molecule has 0 atom stereocenters. The van der Waals surface area contributed by atoms with Crippen molar-refractivity contribution in [1.29, 1.82) is 0 Å². The van der Waals surface area contributed by atoms with Crippen LogP contribution in [0, 0.1) is 0 Å². The van der Waals surface area contributed by atoms with Gasteiger partial charge in [-0.2, -0.15) is 0 Å². The van der Waals surface area contributed by atoms with E-state index in [1.165, 1.54) is 32.1 Å². The van der Waals surface area contributed by atoms with Crippen molar-refractivity contribution in [2.45, 2.75) is 50.3 Å². The van der Waals surface area contributed by atoms with Crippen LogP contribution in [0.4, 0.5) is 0 Å². The molecule has 1 aromatic rings. The van der Waals surface area contributed by atoms with Gasteiger partial charge in [-0.25, -0.2) is 4.98 Å². The largest absolute Gasteiger partial charge is 0.448 e. The Balaban J connectivity index is 2.19. The first-order valence-corrected chi connectivity index (χ1v) is 5.79. The number of rotatable bonds is 2. The number of hydrogen-bond acceptors (Lipinski definition) is 2. The standard InChI is InChI=1S/C11H16ClNO/c1-11(5-3-2-4-6-11)10-13-9(7-12)8-14-10/h8H,2-7H2,1H3. The first-order valence-electron chi connectivity index (χ1n) is 5.25. The fourth-order valence-corrected chi connectivity index (χ4v) is 2.31. The summed E-state index contributed by atoms with van der Waals surface area (Å²) < 4.78 is 5.50. The smallest absolute Gasteiger partial charge is 0.200 e. The third kappa shape index (κ3) is 1.81. The molecule has 1 fully saturated rings. The Labute approximate surface area is 89.7 Å². The molecule has 78 valence electrons. The molecule has 0 aliphatic heterocycles. The van der Waals surface area contributed by atoms with E-state index in [4.69, 9.17) is 16.0 Å². The Morgan fingerprint density at radius 2 is 2.14 bits per heavy atom. The lowest BCUT2D eigenvalue weighted by molar-refractivity contribution is 0.257. The van der Waals surface area contributed by atoms with E-state index in [0.717, 1.165) is 11.6 Å². The number of aromatic nitrogens is 1. The monoisotopic (exact) mass is 213 g/mol. The zero-order valence-electron chi connectivity index (χ0n) is 8.55. The van der Waals surface area contributed by atoms with Crippen LogP contribution in [0.25, 0.3) is 0 Å². The molecule has 0 bridgehead atoms. The van der Waals surface area contributed by atoms with E-state index >= 15 is 0 Å². The Bertz CT molecular complexity index is 302. The summed E-state index contributed by atoms with van der Waals surface area (Å²) in [7, 11) is 0. The van der Waals surface area contributed by atoms with Crippen LogP contribution in [-0.4, -0.2) is 4.98 Å². The summed E-state index contributed by atoms with van der Waals surface area (Å²) in [4.78, 5) is 4.43. The SMILES string of the molecule is CC1(c2nc(CCl)co2)CCCCC1. The van der Waals surface area contributed by atoms with Gasteiger partial charge in [0.2, 0.25) is 0 Å². The molecule has 0 amide bonds. The maximum Gasteiger partial charge on any atom is 0.200 e. The molecule has 2 rings (SSSR count). The normalized spacial score (nSPS) is 21.0. The fourth-order valence-electron chi connectivity index (χ4n) is 2.19. The molecule has 14 heavy (non-hydrogen) atoms. The molecule has 1 aliphatic rings. The lowest BCUT2D eigenvalue weighted by atomic mass is 9.76. The predicted octanol–water partition coefficient (Wildman–Crippen LogP) is 3.64. The van der Waals surface area contributed by atoms with Crippen LogP contribution < -0.4 is 0 Å². The van der Waals surface area contributed by atoms with Crippen LogP contribution in [0.15, 0.2) is 10.7 Å². The minimum atomic E-state index is 0.155. The predicted molar refractivity (Wildman–Crippen MR) is 56.5 cm³/mol. The molecule has 0 aromatic carbocycles. The maximum atomic E-state index is 5.70. The minimum Gasteiger partial charge on any atom is -0.448 e. The van der Waals surface area contributed by atoms with E-state index in [1.807, 2.05) is 0 Å². The molecular weight excluding hydrogens is 198 g/mol. The van der Waals surface area contributed by atoms with E-state index in [2.05, 4.69) is 11.9 Å². The highest BCUT2D eigenvalue weighted by Gasteiger charge is 2.33. The van der Waals surface area contributed by atoms with E-state index in [9.17, 15) is 0 Å². The van der Waals surface area contributed by atoms with Crippen molar-refractivity contribution in [1.82, 2.24) is 4.98 Å². The first kappa shape index (κ1) is 10.0. The van der Waals surface area contributed by atoms with Crippen LogP contribution >= 0.6 is 11.6 Å². The van der Waals surface area contributed by atoms with E-state index in [0.29, 0.717) is 5.88 Å². The number of halogens is 1. The molecule has 0 spiro atoms. The Kier molecular flexibility index (Phi) is 2.82. The molecule has 2 nitrogen and oxygen atoms in total. The average Bonchev–Trinajstić information content (AvgIpc) is 2.67. The fraction of sp³-hybridized carbons (Fsp3) is 0.727. The number of oxazole rings is 1. The molecule has 1 aliphatic carbocycles. The van der Waals surface area contributed by atoms with Crippen LogP contribution in [-0.2, 0) is 11.3 Å². The summed E-state index contributed by atoms with van der Waals surface area (Å²) >= 11 is 5.70. The van der Waals surface area contributed by atoms with Gasteiger partial charge in [0.15, 0.2) is 5.89 Å². The van der Waals surface area contributed by atoms with E-state index in [1.54, 1.807) is 6.26 Å². The Morgan fingerprint density at radius 1 is 1.43 bits per heavy atom. The molecule has 1 aromatic heterocycles. The lowest BCUT2D eigenvalue weighted by Crippen LogP contribution is -2.25. The van der Waals surface area contributed by atoms with Crippen molar-refractivity contribution < 1.29 is 4.42 Å². The third-order valence-corrected chi connectivity index (χ3v) is 3.44. The van der Waals surface area contributed by atoms with Crippen LogP contribution in [0.1, 0.15) is 50.6 Å². The quantitative estimate of drug-likeness (QED) is 0.702. The van der Waals surface area contributed by atoms with E-state index in [-0.39, 0.29) is 5.41 Å². The van der Waals surface area contributed by atoms with Crippen molar-refractivity contribution >= 4 is 11.6 Å². The van der Waals surface area contributed by atoms with Crippen molar-refractivity contribution in [2.24, 2.45) is 0 Å². The van der Waals surface area contributed by atoms with Gasteiger partial charge in [-0.15, -0.1) is 11.6 Å². The van der Waals surface area contributed by atoms with E-state index < -0.39 is 0 Å². The van der Waals surface area contributed by atoms with Gasteiger partial charge >= 0.3 is 0 Å². The molecule has 0 radical (unpaired) electrons. The summed E-state index contributed by atoms with van der Waals surface area (Å²) in [5, 5.41) is 0. The van der Waals surface area contributed by atoms with Crippen LogP contribution in [0.2, 0.25) is 0 Å². The number of nitrogens with zero attached hydrogens (tertiary/aromatic N) is 1. The van der Waals surface area contributed by atoms with Crippen LogP contribution in [0.5, 0.6) is 0 Å². The van der Waals surface area contributed by atoms with Gasteiger partial charge in [0.1, 0.15) is 6.26 Å². The second-order valence-electron chi connectivity index (χ2n) is 4.40. The molecular formula is C11H16ClNO. The van der Waals surface area contributed by atoms with Gasteiger partial charge in [0, 0.05) is 5.41 Å². The van der Waals surface area contributed by atoms with Crippen molar-refractivity contribution in [3.8, 4) is 0 Å². The Hall–Kier alpha value is -0.500. The average molecular weight is 214 g/mol. The lowest BCUT2D eigenvalue weighted by Gasteiger charge is -2.30. The molecule has 0 saturated heterocycles. The van der Waals surface area contributed by atoms with Gasteiger partial charge in [0.05, 0.1) is 11.6 Å². The highest BCUT2D eigenvalue weighted by molar-refractivity contribution is 6.16. The summed E-state index contributed by atoms with van der Waals surface area (Å²) in [5.41, 5.74) is 1.01. The van der Waals surface area contributed by atoms with Gasteiger partial charge in [-0.3, -0.25) is 0 Å². The molecule has 3 heteroatoms. The second kappa shape index (κ2) is 3.93. The zero-order chi connectivity index (χ0) is 10.0. The molecule has 0 unspecified atom stereocenters. The molecule has 1 saturated carbocycles. The molecule has 0 N–H and O–H groups in total. The summed E-state index contributed by atoms with van der Waals surface area (Å²) in [6, 6.07) is 0. The zero-order valence-corrected chi connectivity index (χ0v) is 9.31. The Morgan fingerprint density at radius 3 is 2.71 bits per heavy atom. The highest BCUT2D eigenvalue weighted by Crippen LogP contribution is 2.38. The van der Waals surface area contributed by atoms with Crippen molar-refractivity contribution in [3.05, 3.63) is 17.8 Å². The van der Waals surface area contributed by atoms with Crippen molar-refractivity contribution in [2.75, 3.05) is 0 Å². The van der Waals surface area contributed by atoms with Gasteiger partial charge < -0.3 is 4.42 Å². The third-order valence-electron chi connectivity index (χ3n) is 3.16. The van der Waals surface area contributed by atoms with Gasteiger partial charge in [-0.05, 0) is 12.8 Å². The second-order valence-corrected chi connectivity index (χ2v) is 4.67. The number of alkyl halides is 1. The van der Waals surface area contributed by atoms with Gasteiger partial charge in [-0.1, -0.05) is 26.2 Å². The first-order chi connectivity index (χ1) is 6.74. The summed E-state index contributed by atoms with van der Waals surface area (Å²) in [6.07, 6.45) is 7.98. The summed E-state index contributed by atoms with van der Waals surface area (Å²) in [5.74, 6) is 1.33. The summed E-state index contributed by atoms with van der Waals surface area (Å²) in [6.45, 7) is 2.25. The topological polar surface area (TPSA) is 26.0 Å².